The lowest BCUT2D eigenvalue weighted by molar-refractivity contribution is -0.137. The molecule has 356 valence electrons. The van der Waals surface area contributed by atoms with Crippen LogP contribution in [0, 0.1) is 11.8 Å². The summed E-state index contributed by atoms with van der Waals surface area (Å²) < 4.78 is 48.8. The number of amides is 4. The first-order valence-electron chi connectivity index (χ1n) is 23.9. The number of rotatable bonds is 10. The van der Waals surface area contributed by atoms with Crippen molar-refractivity contribution in [1.82, 2.24) is 30.4 Å². The second-order valence-electron chi connectivity index (χ2n) is 19.1. The Morgan fingerprint density at radius 1 is 0.812 bits per heavy atom. The van der Waals surface area contributed by atoms with Crippen LogP contribution in [-0.2, 0) is 36.1 Å². The maximum Gasteiger partial charge on any atom is 0.407 e. The summed E-state index contributed by atoms with van der Waals surface area (Å²) in [4.78, 5) is 70.2. The third-order valence-electron chi connectivity index (χ3n) is 15.3. The van der Waals surface area contributed by atoms with Gasteiger partial charge in [-0.3, -0.25) is 14.6 Å². The third-order valence-corrected chi connectivity index (χ3v) is 15.3. The number of aromatic amines is 1. The Morgan fingerprint density at radius 3 is 2.26 bits per heavy atom. The Morgan fingerprint density at radius 2 is 1.51 bits per heavy atom. The first kappa shape index (κ1) is 44.6. The van der Waals surface area contributed by atoms with Crippen LogP contribution in [0.4, 0.5) is 24.1 Å². The molecule has 2 aliphatic carbocycles. The number of methoxy groups -OCH3 is 2. The Hall–Kier alpha value is -6.94. The van der Waals surface area contributed by atoms with Gasteiger partial charge in [-0.05, 0) is 114 Å². The predicted octanol–water partition coefficient (Wildman–Crippen LogP) is 8.78. The van der Waals surface area contributed by atoms with Crippen molar-refractivity contribution in [1.29, 1.82) is 0 Å². The van der Waals surface area contributed by atoms with Crippen molar-refractivity contribution in [3.63, 3.8) is 0 Å². The second kappa shape index (κ2) is 17.9. The summed E-state index contributed by atoms with van der Waals surface area (Å²) in [5.74, 6) is -3.00. The molecule has 1 aromatic heterocycles. The van der Waals surface area contributed by atoms with Crippen LogP contribution in [0.3, 0.4) is 0 Å². The number of piperidine rings is 1. The van der Waals surface area contributed by atoms with Gasteiger partial charge in [0.25, 0.3) is 11.8 Å². The molecule has 11 rings (SSSR count). The maximum absolute atomic E-state index is 16.7. The van der Waals surface area contributed by atoms with E-state index in [1.54, 1.807) is 29.3 Å². The number of fused-ring (bicyclic) bond motifs is 6. The highest BCUT2D eigenvalue weighted by Gasteiger charge is 2.52. The van der Waals surface area contributed by atoms with Gasteiger partial charge in [0.2, 0.25) is 5.91 Å². The van der Waals surface area contributed by atoms with Crippen molar-refractivity contribution >= 4 is 35.4 Å². The first-order chi connectivity index (χ1) is 33.5. The van der Waals surface area contributed by atoms with Crippen LogP contribution >= 0.6 is 0 Å². The summed E-state index contributed by atoms with van der Waals surface area (Å²) >= 11 is 0. The molecular formula is C53H53F2N7O7. The van der Waals surface area contributed by atoms with Gasteiger partial charge in [0.1, 0.15) is 17.9 Å². The number of carbonyl (C=O) groups excluding carboxylic acids is 4. The average Bonchev–Trinajstić information content (AvgIpc) is 4.26. The number of ether oxygens (including phenoxy) is 3. The fraction of sp³-hybridized carbons (Fsp3) is 0.396. The number of halogens is 2. The lowest BCUT2D eigenvalue weighted by Crippen LogP contribution is -2.53. The molecule has 16 heteroatoms. The number of carbonyl (C=O) groups is 4. The SMILES string of the molecule is COC(=O)N[C@H](C(=O)N1CCC[C@H]1c1ncc(-c2ccc3c(c2)C(F)(F)c2cc(-c4ccc5c(c4)CC([C@@H]4[C@@H]6CC[C@H](C6)N4C(=O)[C@H](NC(=O)OC)c4ccccc4)=N5)ccc2-3)[nH]1)C1CCOCC1. The highest BCUT2D eigenvalue weighted by atomic mass is 19.3. The molecule has 69 heavy (non-hydrogen) atoms. The van der Waals surface area contributed by atoms with E-state index in [1.165, 1.54) is 20.3 Å². The highest BCUT2D eigenvalue weighted by molar-refractivity contribution is 6.02. The van der Waals surface area contributed by atoms with E-state index < -0.39 is 30.2 Å². The van der Waals surface area contributed by atoms with E-state index in [0.717, 1.165) is 48.2 Å². The minimum Gasteiger partial charge on any atom is -0.453 e. The fourth-order valence-corrected chi connectivity index (χ4v) is 11.9. The molecule has 4 fully saturated rings. The lowest BCUT2D eigenvalue weighted by atomic mass is 9.90. The van der Waals surface area contributed by atoms with Gasteiger partial charge in [-0.1, -0.05) is 60.7 Å². The molecule has 4 aliphatic heterocycles. The monoisotopic (exact) mass is 937 g/mol. The highest BCUT2D eigenvalue weighted by Crippen LogP contribution is 2.53. The Bertz CT molecular complexity index is 2880. The summed E-state index contributed by atoms with van der Waals surface area (Å²) in [6, 6.07) is 23.1. The van der Waals surface area contributed by atoms with Crippen LogP contribution in [0.1, 0.15) is 85.1 Å². The van der Waals surface area contributed by atoms with E-state index in [0.29, 0.717) is 84.8 Å². The Kier molecular flexibility index (Phi) is 11.5. The first-order valence-corrected chi connectivity index (χ1v) is 23.9. The molecule has 0 spiro atoms. The van der Waals surface area contributed by atoms with E-state index >= 15 is 8.78 Å². The number of H-pyrrole nitrogens is 1. The Labute approximate surface area is 397 Å². The zero-order valence-corrected chi connectivity index (χ0v) is 38.4. The number of imidazole rings is 1. The number of nitrogens with zero attached hydrogens (tertiary/aromatic N) is 4. The molecule has 4 amide bonds. The zero-order valence-electron chi connectivity index (χ0n) is 38.4. The average molecular weight is 938 g/mol. The zero-order chi connectivity index (χ0) is 47.6. The summed E-state index contributed by atoms with van der Waals surface area (Å²) in [6.45, 7) is 1.50. The molecule has 6 atom stereocenters. The third kappa shape index (κ3) is 7.91. The van der Waals surface area contributed by atoms with Crippen LogP contribution in [0.25, 0.3) is 33.5 Å². The summed E-state index contributed by atoms with van der Waals surface area (Å²) in [7, 11) is 2.55. The van der Waals surface area contributed by atoms with Gasteiger partial charge in [0, 0.05) is 54.6 Å². The van der Waals surface area contributed by atoms with Crippen LogP contribution in [0.15, 0.2) is 96.1 Å². The molecule has 2 bridgehead atoms. The number of likely N-dealkylation sites (tertiary alicyclic amines) is 2. The van der Waals surface area contributed by atoms with Gasteiger partial charge in [0.15, 0.2) is 0 Å². The fourth-order valence-electron chi connectivity index (χ4n) is 11.9. The van der Waals surface area contributed by atoms with Gasteiger partial charge < -0.3 is 39.6 Å². The predicted molar refractivity (Wildman–Crippen MR) is 252 cm³/mol. The molecule has 0 radical (unpaired) electrons. The van der Waals surface area contributed by atoms with E-state index in [9.17, 15) is 19.2 Å². The van der Waals surface area contributed by atoms with Crippen molar-refractivity contribution in [3.8, 4) is 33.5 Å². The second-order valence-corrected chi connectivity index (χ2v) is 19.1. The molecule has 6 aliphatic rings. The number of alkyl carbamates (subject to hydrolysis) is 2. The van der Waals surface area contributed by atoms with Gasteiger partial charge in [-0.2, -0.15) is 8.78 Å². The molecule has 3 saturated heterocycles. The summed E-state index contributed by atoms with van der Waals surface area (Å²) in [5.41, 5.74) is 6.64. The van der Waals surface area contributed by atoms with E-state index in [-0.39, 0.29) is 52.9 Å². The molecule has 5 heterocycles. The number of alkyl halides is 2. The molecule has 4 aromatic carbocycles. The van der Waals surface area contributed by atoms with Crippen LogP contribution < -0.4 is 10.6 Å². The van der Waals surface area contributed by atoms with Crippen LogP contribution in [0.5, 0.6) is 0 Å². The number of aliphatic imine (C=N–C) groups is 1. The number of hydrogen-bond donors (Lipinski definition) is 3. The number of aromatic nitrogens is 2. The number of benzene rings is 4. The standard InChI is InChI=1S/C53H53F2N7O7/c1-67-51(65)59-45(30-18-21-69-22-19-30)49(63)61-20-6-9-44(61)48-56-28-43(58-48)33-12-16-38-37-15-11-32(25-39(37)53(54,55)40(38)26-33)31-13-17-41-35(23-31)27-42(57-41)47-34-10-14-36(24-34)62(47)50(64)46(60-52(66)68-2)29-7-4-3-5-8-29/h3-5,7-8,11-13,15-17,23,25-26,28,30,34,36,44-47H,6,9-10,14,18-22,24,27H2,1-2H3,(H,56,58)(H,59,65)(H,60,66)/t34-,36-,44+,45+,46-,47+/m1/s1. The summed E-state index contributed by atoms with van der Waals surface area (Å²) in [6.07, 6.45) is 6.18. The van der Waals surface area contributed by atoms with E-state index in [2.05, 4.69) is 20.6 Å². The van der Waals surface area contributed by atoms with Gasteiger partial charge in [-0.15, -0.1) is 0 Å². The molecule has 3 N–H and O–H groups in total. The number of nitrogens with one attached hydrogen (secondary N) is 3. The van der Waals surface area contributed by atoms with Crippen LogP contribution in [-0.4, -0.2) is 102 Å². The molecule has 14 nitrogen and oxygen atoms in total. The lowest BCUT2D eigenvalue weighted by Gasteiger charge is -2.37. The number of hydrogen-bond acceptors (Lipinski definition) is 9. The summed E-state index contributed by atoms with van der Waals surface area (Å²) in [5, 5.41) is 5.54. The molecule has 1 saturated carbocycles. The maximum atomic E-state index is 16.7. The quantitative estimate of drug-likeness (QED) is 0.125. The van der Waals surface area contributed by atoms with Gasteiger partial charge in [0.05, 0.1) is 43.9 Å². The molecule has 0 unspecified atom stereocenters. The topological polar surface area (TPSA) is 168 Å². The smallest absolute Gasteiger partial charge is 0.407 e. The Balaban J connectivity index is 0.806. The minimum atomic E-state index is -3.29. The van der Waals surface area contributed by atoms with E-state index in [4.69, 9.17) is 19.2 Å². The van der Waals surface area contributed by atoms with Gasteiger partial charge in [-0.25, -0.2) is 14.6 Å². The van der Waals surface area contributed by atoms with Gasteiger partial charge >= 0.3 is 12.2 Å². The van der Waals surface area contributed by atoms with Crippen molar-refractivity contribution < 1.29 is 42.2 Å². The van der Waals surface area contributed by atoms with E-state index in [1.807, 2.05) is 65.6 Å². The van der Waals surface area contributed by atoms with Crippen molar-refractivity contribution in [2.24, 2.45) is 16.8 Å². The van der Waals surface area contributed by atoms with Crippen molar-refractivity contribution in [2.75, 3.05) is 34.0 Å². The van der Waals surface area contributed by atoms with Crippen molar-refractivity contribution in [3.05, 3.63) is 119 Å². The van der Waals surface area contributed by atoms with Crippen LogP contribution in [0.2, 0.25) is 0 Å². The molecular weight excluding hydrogens is 885 g/mol. The molecule has 5 aromatic rings. The van der Waals surface area contributed by atoms with Crippen molar-refractivity contribution in [2.45, 2.75) is 87.5 Å². The largest absolute Gasteiger partial charge is 0.453 e. The normalized spacial score (nSPS) is 22.9. The minimum absolute atomic E-state index is 0.0326.